The van der Waals surface area contributed by atoms with E-state index in [4.69, 9.17) is 0 Å². The first-order valence-corrected chi connectivity index (χ1v) is 8.94. The summed E-state index contributed by atoms with van der Waals surface area (Å²) in [6.07, 6.45) is 1.69. The Balaban J connectivity index is 1.63. The number of aromatic nitrogens is 2. The summed E-state index contributed by atoms with van der Waals surface area (Å²) in [7, 11) is 0. The Bertz CT molecular complexity index is 792. The second-order valence-corrected chi connectivity index (χ2v) is 8.23. The van der Waals surface area contributed by atoms with E-state index >= 15 is 0 Å². The summed E-state index contributed by atoms with van der Waals surface area (Å²) in [5.74, 6) is 0.203. The molecule has 0 atom stereocenters. The van der Waals surface area contributed by atoms with E-state index in [1.54, 1.807) is 31.4 Å². The molecule has 0 spiro atoms. The SMILES string of the molecule is CC1(C)C(=O)NC(=O)N1CCNc1nccc(-c2ccc(Br)s2)n1. The molecule has 0 bridgehead atoms. The molecule has 1 aliphatic rings. The molecule has 126 valence electrons. The molecule has 1 saturated heterocycles. The van der Waals surface area contributed by atoms with Crippen LogP contribution in [0.15, 0.2) is 28.2 Å². The summed E-state index contributed by atoms with van der Waals surface area (Å²) in [5, 5.41) is 5.42. The van der Waals surface area contributed by atoms with Gasteiger partial charge in [0.25, 0.3) is 5.91 Å². The maximum atomic E-state index is 11.8. The highest BCUT2D eigenvalue weighted by atomic mass is 79.9. The Labute approximate surface area is 151 Å². The van der Waals surface area contributed by atoms with Crippen molar-refractivity contribution in [3.63, 3.8) is 0 Å². The van der Waals surface area contributed by atoms with Gasteiger partial charge in [0.15, 0.2) is 0 Å². The molecule has 1 fully saturated rings. The lowest BCUT2D eigenvalue weighted by Crippen LogP contribution is -2.46. The molecule has 0 unspecified atom stereocenters. The smallest absolute Gasteiger partial charge is 0.325 e. The predicted octanol–water partition coefficient (Wildman–Crippen LogP) is 2.71. The number of urea groups is 1. The van der Waals surface area contributed by atoms with Gasteiger partial charge in [-0.25, -0.2) is 14.8 Å². The number of hydrogen-bond acceptors (Lipinski definition) is 6. The van der Waals surface area contributed by atoms with Crippen LogP contribution in [0.1, 0.15) is 13.8 Å². The number of amides is 3. The largest absolute Gasteiger partial charge is 0.352 e. The van der Waals surface area contributed by atoms with E-state index in [2.05, 4.69) is 36.5 Å². The van der Waals surface area contributed by atoms with Crippen LogP contribution in [0, 0.1) is 0 Å². The Kier molecular flexibility index (Phi) is 4.55. The van der Waals surface area contributed by atoms with Gasteiger partial charge in [0.1, 0.15) is 5.54 Å². The van der Waals surface area contributed by atoms with Crippen molar-refractivity contribution in [2.45, 2.75) is 19.4 Å². The highest BCUT2D eigenvalue weighted by Crippen LogP contribution is 2.30. The van der Waals surface area contributed by atoms with Gasteiger partial charge in [-0.3, -0.25) is 10.1 Å². The summed E-state index contributed by atoms with van der Waals surface area (Å²) in [4.78, 5) is 34.8. The van der Waals surface area contributed by atoms with Gasteiger partial charge in [-0.15, -0.1) is 11.3 Å². The minimum Gasteiger partial charge on any atom is -0.352 e. The monoisotopic (exact) mass is 409 g/mol. The number of imide groups is 1. The van der Waals surface area contributed by atoms with E-state index in [9.17, 15) is 9.59 Å². The molecule has 0 saturated carbocycles. The maximum absolute atomic E-state index is 11.8. The van der Waals surface area contributed by atoms with Crippen LogP contribution in [-0.2, 0) is 4.79 Å². The number of carbonyl (C=O) groups excluding carboxylic acids is 2. The summed E-state index contributed by atoms with van der Waals surface area (Å²) >= 11 is 5.03. The Morgan fingerprint density at radius 1 is 1.33 bits per heavy atom. The molecule has 3 rings (SSSR count). The second kappa shape index (κ2) is 6.48. The number of thiophene rings is 1. The molecular formula is C15H16BrN5O2S. The van der Waals surface area contributed by atoms with Gasteiger partial charge in [0, 0.05) is 19.3 Å². The third-order valence-corrected chi connectivity index (χ3v) is 5.44. The van der Waals surface area contributed by atoms with Gasteiger partial charge in [-0.2, -0.15) is 0 Å². The highest BCUT2D eigenvalue weighted by molar-refractivity contribution is 9.11. The number of halogens is 1. The molecule has 2 aromatic rings. The van der Waals surface area contributed by atoms with E-state index in [0.29, 0.717) is 19.0 Å². The lowest BCUT2D eigenvalue weighted by molar-refractivity contribution is -0.125. The number of nitrogens with one attached hydrogen (secondary N) is 2. The van der Waals surface area contributed by atoms with E-state index in [0.717, 1.165) is 14.4 Å². The van der Waals surface area contributed by atoms with Gasteiger partial charge in [-0.1, -0.05) is 0 Å². The molecule has 2 aromatic heterocycles. The first kappa shape index (κ1) is 16.8. The normalized spacial score (nSPS) is 16.4. The van der Waals surface area contributed by atoms with Gasteiger partial charge < -0.3 is 10.2 Å². The molecule has 1 aliphatic heterocycles. The van der Waals surface area contributed by atoms with Crippen molar-refractivity contribution in [3.05, 3.63) is 28.2 Å². The highest BCUT2D eigenvalue weighted by Gasteiger charge is 2.44. The maximum Gasteiger partial charge on any atom is 0.325 e. The molecule has 7 nitrogen and oxygen atoms in total. The number of hydrogen-bond donors (Lipinski definition) is 2. The fourth-order valence-electron chi connectivity index (χ4n) is 2.39. The topological polar surface area (TPSA) is 87.2 Å². The molecule has 0 aliphatic carbocycles. The molecule has 3 heterocycles. The molecule has 9 heteroatoms. The standard InChI is InChI=1S/C15H16BrN5O2S/c1-15(2)12(22)20-14(23)21(15)8-7-18-13-17-6-5-9(19-13)10-3-4-11(16)24-10/h3-6H,7-8H2,1-2H3,(H,17,18,19)(H,20,22,23). The van der Waals surface area contributed by atoms with E-state index in [1.165, 1.54) is 4.90 Å². The Hall–Kier alpha value is -2.00. The minimum absolute atomic E-state index is 0.283. The summed E-state index contributed by atoms with van der Waals surface area (Å²) in [6, 6.07) is 5.44. The van der Waals surface area contributed by atoms with Crippen molar-refractivity contribution in [1.82, 2.24) is 20.2 Å². The zero-order valence-corrected chi connectivity index (χ0v) is 15.6. The quantitative estimate of drug-likeness (QED) is 0.741. The number of nitrogens with zero attached hydrogens (tertiary/aromatic N) is 3. The van der Waals surface area contributed by atoms with Gasteiger partial charge in [0.05, 0.1) is 14.4 Å². The van der Waals surface area contributed by atoms with Crippen molar-refractivity contribution in [1.29, 1.82) is 0 Å². The van der Waals surface area contributed by atoms with E-state index < -0.39 is 5.54 Å². The first-order chi connectivity index (χ1) is 11.4. The van der Waals surface area contributed by atoms with Crippen LogP contribution in [-0.4, -0.2) is 45.4 Å². The molecule has 2 N–H and O–H groups in total. The van der Waals surface area contributed by atoms with Crippen LogP contribution in [0.2, 0.25) is 0 Å². The molecule has 3 amide bonds. The van der Waals surface area contributed by atoms with Crippen molar-refractivity contribution < 1.29 is 9.59 Å². The van der Waals surface area contributed by atoms with Crippen molar-refractivity contribution >= 4 is 45.2 Å². The van der Waals surface area contributed by atoms with Crippen LogP contribution < -0.4 is 10.6 Å². The Morgan fingerprint density at radius 2 is 2.12 bits per heavy atom. The fourth-order valence-corrected chi connectivity index (χ4v) is 3.74. The summed E-state index contributed by atoms with van der Waals surface area (Å²) in [5.41, 5.74) is -0.0114. The molecule has 0 radical (unpaired) electrons. The third-order valence-electron chi connectivity index (χ3n) is 3.80. The van der Waals surface area contributed by atoms with E-state index in [-0.39, 0.29) is 11.9 Å². The summed E-state index contributed by atoms with van der Waals surface area (Å²) < 4.78 is 1.04. The van der Waals surface area contributed by atoms with Crippen LogP contribution in [0.25, 0.3) is 10.6 Å². The van der Waals surface area contributed by atoms with E-state index in [1.807, 2.05) is 18.2 Å². The average Bonchev–Trinajstić information content (AvgIpc) is 3.04. The van der Waals surface area contributed by atoms with Gasteiger partial charge in [0.2, 0.25) is 5.95 Å². The van der Waals surface area contributed by atoms with Crippen molar-refractivity contribution in [2.75, 3.05) is 18.4 Å². The minimum atomic E-state index is -0.843. The number of rotatable bonds is 5. The van der Waals surface area contributed by atoms with Gasteiger partial charge in [-0.05, 0) is 48.0 Å². The molecular weight excluding hydrogens is 394 g/mol. The lowest BCUT2D eigenvalue weighted by atomic mass is 10.0. The summed E-state index contributed by atoms with van der Waals surface area (Å²) in [6.45, 7) is 4.27. The first-order valence-electron chi connectivity index (χ1n) is 7.33. The lowest BCUT2D eigenvalue weighted by Gasteiger charge is -2.27. The Morgan fingerprint density at radius 3 is 2.75 bits per heavy atom. The number of carbonyl (C=O) groups is 2. The van der Waals surface area contributed by atoms with Crippen LogP contribution in [0.5, 0.6) is 0 Å². The zero-order chi connectivity index (χ0) is 17.3. The van der Waals surface area contributed by atoms with Crippen LogP contribution >= 0.6 is 27.3 Å². The predicted molar refractivity (Wildman–Crippen MR) is 95.9 cm³/mol. The average molecular weight is 410 g/mol. The number of anilines is 1. The molecule has 24 heavy (non-hydrogen) atoms. The van der Waals surface area contributed by atoms with Crippen molar-refractivity contribution in [3.8, 4) is 10.6 Å². The fraction of sp³-hybridized carbons (Fsp3) is 0.333. The second-order valence-electron chi connectivity index (χ2n) is 5.77. The van der Waals surface area contributed by atoms with Crippen LogP contribution in [0.3, 0.4) is 0 Å². The van der Waals surface area contributed by atoms with Crippen molar-refractivity contribution in [2.24, 2.45) is 0 Å². The molecule has 0 aromatic carbocycles. The zero-order valence-electron chi connectivity index (χ0n) is 13.2. The third kappa shape index (κ3) is 3.27. The van der Waals surface area contributed by atoms with Crippen LogP contribution in [0.4, 0.5) is 10.7 Å². The van der Waals surface area contributed by atoms with Gasteiger partial charge >= 0.3 is 6.03 Å².